The molecule has 0 aromatic heterocycles. The molecule has 10 nitrogen and oxygen atoms in total. The van der Waals surface area contributed by atoms with Crippen molar-refractivity contribution in [1.29, 1.82) is 0 Å². The molecule has 0 rings (SSSR count). The van der Waals surface area contributed by atoms with Crippen molar-refractivity contribution in [2.45, 2.75) is 78.7 Å². The molecule has 0 saturated heterocycles. The van der Waals surface area contributed by atoms with Gasteiger partial charge in [0.15, 0.2) is 5.78 Å². The molecule has 1 unspecified atom stereocenters. The van der Waals surface area contributed by atoms with Crippen LogP contribution in [0.15, 0.2) is 0 Å². The topological polar surface area (TPSA) is 134 Å². The van der Waals surface area contributed by atoms with Crippen LogP contribution in [-0.2, 0) is 42.9 Å². The summed E-state index contributed by atoms with van der Waals surface area (Å²) < 4.78 is 19.7. The van der Waals surface area contributed by atoms with Crippen LogP contribution in [0, 0.1) is 17.8 Å². The zero-order chi connectivity index (χ0) is 27.5. The first-order valence-electron chi connectivity index (χ1n) is 12.7. The molecule has 1 N–H and O–H groups in total. The molecule has 0 radical (unpaired) electrons. The molecule has 1 amide bonds. The Balaban J connectivity index is 5.04. The molecule has 0 aromatic carbocycles. The summed E-state index contributed by atoms with van der Waals surface area (Å²) in [5, 5.41) is 2.84. The summed E-state index contributed by atoms with van der Waals surface area (Å²) >= 11 is 0. The fourth-order valence-electron chi connectivity index (χ4n) is 3.59. The average molecular weight is 516 g/mol. The Morgan fingerprint density at radius 1 is 0.778 bits per heavy atom. The summed E-state index contributed by atoms with van der Waals surface area (Å²) in [5.74, 6) is -2.57. The molecule has 0 spiro atoms. The lowest BCUT2D eigenvalue weighted by Crippen LogP contribution is -2.45. The molecule has 10 heteroatoms. The summed E-state index contributed by atoms with van der Waals surface area (Å²) in [7, 11) is 3.01. The minimum absolute atomic E-state index is 0.0147. The number of Topliss-reactive ketones (excluding diaryl/α,β-unsaturated/α-hetero) is 2. The summed E-state index contributed by atoms with van der Waals surface area (Å²) in [6.07, 6.45) is 1.45. The molecule has 0 aliphatic heterocycles. The second kappa shape index (κ2) is 19.8. The molecular weight excluding hydrogens is 470 g/mol. The van der Waals surface area contributed by atoms with E-state index in [9.17, 15) is 24.0 Å². The Bertz CT molecular complexity index is 693. The summed E-state index contributed by atoms with van der Waals surface area (Å²) in [6, 6.07) is -0.754. The van der Waals surface area contributed by atoms with E-state index < -0.39 is 29.8 Å². The van der Waals surface area contributed by atoms with Crippen molar-refractivity contribution < 1.29 is 42.9 Å². The van der Waals surface area contributed by atoms with Crippen LogP contribution in [0.5, 0.6) is 0 Å². The second-order valence-corrected chi connectivity index (χ2v) is 9.28. The third kappa shape index (κ3) is 15.6. The predicted molar refractivity (Wildman–Crippen MR) is 133 cm³/mol. The van der Waals surface area contributed by atoms with E-state index in [0.29, 0.717) is 25.9 Å². The molecule has 36 heavy (non-hydrogen) atoms. The van der Waals surface area contributed by atoms with Crippen LogP contribution >= 0.6 is 0 Å². The summed E-state index contributed by atoms with van der Waals surface area (Å²) in [6.45, 7) is 8.00. The maximum Gasteiger partial charge on any atom is 0.305 e. The number of ketones is 2. The number of methoxy groups -OCH3 is 2. The monoisotopic (exact) mass is 515 g/mol. The highest BCUT2D eigenvalue weighted by Gasteiger charge is 2.29. The zero-order valence-electron chi connectivity index (χ0n) is 22.8. The van der Waals surface area contributed by atoms with Gasteiger partial charge in [0, 0.05) is 45.3 Å². The van der Waals surface area contributed by atoms with Crippen LogP contribution < -0.4 is 5.32 Å². The maximum absolute atomic E-state index is 13.1. The Kier molecular flexibility index (Phi) is 18.5. The molecule has 0 aromatic rings. The van der Waals surface area contributed by atoms with Crippen LogP contribution in [0.2, 0.25) is 0 Å². The molecule has 0 aliphatic carbocycles. The molecule has 0 bridgehead atoms. The lowest BCUT2D eigenvalue weighted by molar-refractivity contribution is -0.146. The first-order valence-corrected chi connectivity index (χ1v) is 12.7. The zero-order valence-corrected chi connectivity index (χ0v) is 22.8. The third-order valence-corrected chi connectivity index (χ3v) is 5.79. The maximum atomic E-state index is 13.1. The average Bonchev–Trinajstić information content (AvgIpc) is 2.81. The van der Waals surface area contributed by atoms with E-state index in [1.54, 1.807) is 0 Å². The Labute approximate surface area is 215 Å². The largest absolute Gasteiger partial charge is 0.463 e. The van der Waals surface area contributed by atoms with E-state index >= 15 is 0 Å². The number of rotatable bonds is 21. The van der Waals surface area contributed by atoms with Gasteiger partial charge < -0.3 is 24.3 Å². The number of ether oxygens (including phenoxy) is 4. The van der Waals surface area contributed by atoms with Gasteiger partial charge in [-0.1, -0.05) is 20.8 Å². The number of carbonyl (C=O) groups excluding carboxylic acids is 5. The molecule has 0 fully saturated rings. The van der Waals surface area contributed by atoms with Crippen molar-refractivity contribution in [3.8, 4) is 0 Å². The van der Waals surface area contributed by atoms with Crippen molar-refractivity contribution in [3.63, 3.8) is 0 Å². The number of hydrogen-bond acceptors (Lipinski definition) is 9. The normalized spacial score (nSPS) is 13.5. The molecule has 0 saturated carbocycles. The van der Waals surface area contributed by atoms with Gasteiger partial charge in [-0.3, -0.25) is 24.0 Å². The van der Waals surface area contributed by atoms with E-state index in [-0.39, 0.29) is 68.9 Å². The molecule has 0 aliphatic rings. The standard InChI is InChI=1S/C26H45NO9/c1-7-20(8-10-24(30)35-14-12-33-5)26(32)27-22(16-18(2)3)23(29)17-21(19(4)28)9-11-25(31)36-15-13-34-6/h18,20-22H,7-17H2,1-6H3,(H,27,32)/t20-,21?,22-/m0/s1. The van der Waals surface area contributed by atoms with E-state index in [1.807, 2.05) is 20.8 Å². The first-order chi connectivity index (χ1) is 17.0. The van der Waals surface area contributed by atoms with Gasteiger partial charge in [-0.25, -0.2) is 0 Å². The highest BCUT2D eigenvalue weighted by Crippen LogP contribution is 2.19. The third-order valence-electron chi connectivity index (χ3n) is 5.79. The Morgan fingerprint density at radius 2 is 1.28 bits per heavy atom. The van der Waals surface area contributed by atoms with Crippen molar-refractivity contribution in [3.05, 3.63) is 0 Å². The van der Waals surface area contributed by atoms with Gasteiger partial charge in [0.25, 0.3) is 0 Å². The Hall–Kier alpha value is -2.33. The molecule has 208 valence electrons. The quantitative estimate of drug-likeness (QED) is 0.181. The summed E-state index contributed by atoms with van der Waals surface area (Å²) in [4.78, 5) is 62.0. The highest BCUT2D eigenvalue weighted by molar-refractivity contribution is 5.93. The number of amides is 1. The number of carbonyl (C=O) groups is 5. The van der Waals surface area contributed by atoms with Crippen LogP contribution in [-0.4, -0.2) is 76.1 Å². The lowest BCUT2D eigenvalue weighted by atomic mass is 9.88. The van der Waals surface area contributed by atoms with Crippen LogP contribution in [0.25, 0.3) is 0 Å². The summed E-state index contributed by atoms with van der Waals surface area (Å²) in [5.41, 5.74) is 0. The fourth-order valence-corrected chi connectivity index (χ4v) is 3.59. The van der Waals surface area contributed by atoms with Crippen molar-refractivity contribution in [1.82, 2.24) is 5.32 Å². The van der Waals surface area contributed by atoms with Gasteiger partial charge in [-0.2, -0.15) is 0 Å². The highest BCUT2D eigenvalue weighted by atomic mass is 16.6. The van der Waals surface area contributed by atoms with Crippen molar-refractivity contribution in [2.75, 3.05) is 40.6 Å². The van der Waals surface area contributed by atoms with Crippen molar-refractivity contribution in [2.24, 2.45) is 17.8 Å². The van der Waals surface area contributed by atoms with E-state index in [0.717, 1.165) is 0 Å². The molecule has 3 atom stereocenters. The second-order valence-electron chi connectivity index (χ2n) is 9.28. The Morgan fingerprint density at radius 3 is 1.69 bits per heavy atom. The smallest absolute Gasteiger partial charge is 0.305 e. The van der Waals surface area contributed by atoms with Crippen LogP contribution in [0.1, 0.15) is 72.6 Å². The predicted octanol–water partition coefficient (Wildman–Crippen LogP) is 2.65. The minimum atomic E-state index is -0.754. The van der Waals surface area contributed by atoms with Gasteiger partial charge in [0.1, 0.15) is 19.0 Å². The first kappa shape index (κ1) is 33.7. The van der Waals surface area contributed by atoms with E-state index in [4.69, 9.17) is 18.9 Å². The molecular formula is C26H45NO9. The van der Waals surface area contributed by atoms with Crippen molar-refractivity contribution >= 4 is 29.4 Å². The number of nitrogens with one attached hydrogen (secondary N) is 1. The fraction of sp³-hybridized carbons (Fsp3) is 0.808. The van der Waals surface area contributed by atoms with Gasteiger partial charge in [0.2, 0.25) is 5.91 Å². The van der Waals surface area contributed by atoms with Gasteiger partial charge in [-0.05, 0) is 38.5 Å². The van der Waals surface area contributed by atoms with Crippen LogP contribution in [0.4, 0.5) is 0 Å². The number of hydrogen-bond donors (Lipinski definition) is 1. The number of esters is 2. The van der Waals surface area contributed by atoms with Gasteiger partial charge >= 0.3 is 11.9 Å². The van der Waals surface area contributed by atoms with E-state index in [1.165, 1.54) is 21.1 Å². The van der Waals surface area contributed by atoms with Crippen LogP contribution in [0.3, 0.4) is 0 Å². The lowest BCUT2D eigenvalue weighted by Gasteiger charge is -2.24. The SMILES string of the molecule is CC[C@@H](CCC(=O)OCCOC)C(=O)N[C@@H](CC(C)C)C(=O)CC(CCC(=O)OCCOC)C(C)=O. The van der Waals surface area contributed by atoms with E-state index in [2.05, 4.69) is 5.32 Å². The molecule has 0 heterocycles. The van der Waals surface area contributed by atoms with Gasteiger partial charge in [0.05, 0.1) is 19.3 Å². The van der Waals surface area contributed by atoms with Gasteiger partial charge in [-0.15, -0.1) is 0 Å². The minimum Gasteiger partial charge on any atom is -0.463 e.